The summed E-state index contributed by atoms with van der Waals surface area (Å²) < 4.78 is 10.9. The van der Waals surface area contributed by atoms with Crippen LogP contribution in [0, 0.1) is 0 Å². The average molecular weight is 488 g/mol. The molecule has 1 aliphatic heterocycles. The molecule has 1 aromatic heterocycles. The molecule has 2 aliphatic rings. The predicted octanol–water partition coefficient (Wildman–Crippen LogP) is 3.18. The zero-order valence-corrected chi connectivity index (χ0v) is 19.9. The van der Waals surface area contributed by atoms with Gasteiger partial charge in [0.05, 0.1) is 35.7 Å². The van der Waals surface area contributed by atoms with E-state index in [1.54, 1.807) is 41.6 Å². The Hall–Kier alpha value is -4.11. The van der Waals surface area contributed by atoms with E-state index in [0.717, 1.165) is 18.5 Å². The van der Waals surface area contributed by atoms with Crippen LogP contribution in [0.3, 0.4) is 0 Å². The van der Waals surface area contributed by atoms with Crippen molar-refractivity contribution in [1.82, 2.24) is 15.3 Å². The quantitative estimate of drug-likeness (QED) is 0.398. The number of pyridine rings is 1. The Morgan fingerprint density at radius 3 is 2.61 bits per heavy atom. The van der Waals surface area contributed by atoms with Crippen molar-refractivity contribution in [3.8, 4) is 5.75 Å². The van der Waals surface area contributed by atoms with Crippen LogP contribution in [-0.2, 0) is 15.1 Å². The lowest BCUT2D eigenvalue weighted by molar-refractivity contribution is -0.137. The van der Waals surface area contributed by atoms with E-state index in [-0.39, 0.29) is 24.0 Å². The van der Waals surface area contributed by atoms with E-state index in [0.29, 0.717) is 43.3 Å². The lowest BCUT2D eigenvalue weighted by Gasteiger charge is -2.26. The van der Waals surface area contributed by atoms with Gasteiger partial charge in [-0.05, 0) is 36.6 Å². The van der Waals surface area contributed by atoms with Crippen LogP contribution >= 0.6 is 0 Å². The maximum absolute atomic E-state index is 13.0. The van der Waals surface area contributed by atoms with Crippen molar-refractivity contribution in [2.24, 2.45) is 0 Å². The molecule has 9 heteroatoms. The number of nitrogens with zero attached hydrogens (tertiary/aromatic N) is 2. The number of hydrazine groups is 1. The van der Waals surface area contributed by atoms with Crippen molar-refractivity contribution < 1.29 is 19.1 Å². The summed E-state index contributed by atoms with van der Waals surface area (Å²) >= 11 is 0. The van der Waals surface area contributed by atoms with Gasteiger partial charge in [0.2, 0.25) is 0 Å². The molecule has 3 N–H and O–H groups in total. The third kappa shape index (κ3) is 5.58. The summed E-state index contributed by atoms with van der Waals surface area (Å²) in [5.74, 6) is 0.131. The second-order valence-corrected chi connectivity index (χ2v) is 8.88. The van der Waals surface area contributed by atoms with Gasteiger partial charge in [0.25, 0.3) is 11.8 Å². The third-order valence-corrected chi connectivity index (χ3v) is 6.40. The number of rotatable bonds is 9. The van der Waals surface area contributed by atoms with Crippen LogP contribution in [0.5, 0.6) is 5.75 Å². The molecule has 0 radical (unpaired) electrons. The number of benzene rings is 2. The summed E-state index contributed by atoms with van der Waals surface area (Å²) in [5, 5.41) is 3.56. The average Bonchev–Trinajstić information content (AvgIpc) is 3.72. The Morgan fingerprint density at radius 1 is 1.03 bits per heavy atom. The van der Waals surface area contributed by atoms with Gasteiger partial charge < -0.3 is 19.7 Å². The zero-order valence-electron chi connectivity index (χ0n) is 19.9. The fourth-order valence-electron chi connectivity index (χ4n) is 4.22. The van der Waals surface area contributed by atoms with Gasteiger partial charge in [-0.15, -0.1) is 0 Å². The van der Waals surface area contributed by atoms with Gasteiger partial charge in [0, 0.05) is 31.5 Å². The van der Waals surface area contributed by atoms with Crippen molar-refractivity contribution in [2.75, 3.05) is 43.7 Å². The molecule has 0 unspecified atom stereocenters. The fourth-order valence-corrected chi connectivity index (χ4v) is 4.22. The number of carbonyl (C=O) groups excluding carboxylic acids is 2. The first-order chi connectivity index (χ1) is 17.6. The Labute approximate surface area is 209 Å². The molecule has 9 nitrogen and oxygen atoms in total. The first-order valence-corrected chi connectivity index (χ1v) is 12.1. The molecule has 1 saturated heterocycles. The highest BCUT2D eigenvalue weighted by Crippen LogP contribution is 2.48. The summed E-state index contributed by atoms with van der Waals surface area (Å²) in [4.78, 5) is 31.2. The van der Waals surface area contributed by atoms with E-state index in [2.05, 4.69) is 33.3 Å². The molecule has 2 amide bonds. The molecular formula is C27H29N5O4. The van der Waals surface area contributed by atoms with Gasteiger partial charge in [-0.25, -0.2) is 0 Å². The van der Waals surface area contributed by atoms with E-state index in [9.17, 15) is 9.59 Å². The van der Waals surface area contributed by atoms with E-state index < -0.39 is 0 Å². The van der Waals surface area contributed by atoms with Crippen molar-refractivity contribution in [1.29, 1.82) is 0 Å². The normalized spacial score (nSPS) is 16.1. The molecule has 2 aromatic carbocycles. The van der Waals surface area contributed by atoms with Gasteiger partial charge in [-0.3, -0.25) is 25.4 Å². The minimum absolute atomic E-state index is 0.0519. The van der Waals surface area contributed by atoms with E-state index in [4.69, 9.17) is 9.47 Å². The molecule has 2 fully saturated rings. The molecule has 36 heavy (non-hydrogen) atoms. The molecule has 186 valence electrons. The Balaban J connectivity index is 1.18. The maximum Gasteiger partial charge on any atom is 0.273 e. The highest BCUT2D eigenvalue weighted by molar-refractivity contribution is 6.00. The Kier molecular flexibility index (Phi) is 6.99. The summed E-state index contributed by atoms with van der Waals surface area (Å²) in [7, 11) is 0. The number of aromatic nitrogens is 1. The fraction of sp³-hybridized carbons (Fsp3) is 0.296. The lowest BCUT2D eigenvalue weighted by Crippen LogP contribution is -2.42. The van der Waals surface area contributed by atoms with Crippen molar-refractivity contribution in [3.63, 3.8) is 0 Å². The number of anilines is 2. The molecular weight excluding hydrogens is 458 g/mol. The second-order valence-electron chi connectivity index (χ2n) is 8.88. The molecule has 0 atom stereocenters. The Bertz CT molecular complexity index is 1210. The predicted molar refractivity (Wildman–Crippen MR) is 136 cm³/mol. The van der Waals surface area contributed by atoms with Crippen molar-refractivity contribution in [2.45, 2.75) is 18.4 Å². The minimum atomic E-state index is -0.316. The van der Waals surface area contributed by atoms with Crippen LogP contribution in [0.15, 0.2) is 73.1 Å². The topological polar surface area (TPSA) is 105 Å². The van der Waals surface area contributed by atoms with Crippen LogP contribution in [-0.4, -0.2) is 54.6 Å². The summed E-state index contributed by atoms with van der Waals surface area (Å²) in [6, 6.07) is 19.2. The SMILES string of the molecule is O=C(NNc1cccc(OCC(=O)N2CCOCC2)c1)c1cnccc1NC1(c2ccccc2)CC1. The molecule has 3 aromatic rings. The number of amides is 2. The second kappa shape index (κ2) is 10.7. The molecule has 5 rings (SSSR count). The number of hydrogen-bond donors (Lipinski definition) is 3. The summed E-state index contributed by atoms with van der Waals surface area (Å²) in [6.07, 6.45) is 5.22. The van der Waals surface area contributed by atoms with Crippen LogP contribution in [0.1, 0.15) is 28.8 Å². The smallest absolute Gasteiger partial charge is 0.273 e. The highest BCUT2D eigenvalue weighted by atomic mass is 16.5. The molecule has 0 bridgehead atoms. The van der Waals surface area contributed by atoms with Crippen LogP contribution in [0.25, 0.3) is 0 Å². The van der Waals surface area contributed by atoms with Crippen molar-refractivity contribution in [3.05, 3.63) is 84.2 Å². The molecule has 1 aliphatic carbocycles. The van der Waals surface area contributed by atoms with E-state index >= 15 is 0 Å². The monoisotopic (exact) mass is 487 g/mol. The maximum atomic E-state index is 13.0. The van der Waals surface area contributed by atoms with Gasteiger partial charge in [-0.2, -0.15) is 0 Å². The van der Waals surface area contributed by atoms with Gasteiger partial charge in [0.1, 0.15) is 5.75 Å². The summed E-state index contributed by atoms with van der Waals surface area (Å²) in [6.45, 7) is 2.20. The number of hydrogen-bond acceptors (Lipinski definition) is 7. The third-order valence-electron chi connectivity index (χ3n) is 6.40. The summed E-state index contributed by atoms with van der Waals surface area (Å²) in [5.41, 5.74) is 8.50. The lowest BCUT2D eigenvalue weighted by atomic mass is 10.0. The molecule has 0 spiro atoms. The molecule has 1 saturated carbocycles. The number of carbonyl (C=O) groups is 2. The first kappa shape index (κ1) is 23.6. The van der Waals surface area contributed by atoms with Crippen LogP contribution in [0.2, 0.25) is 0 Å². The zero-order chi connectivity index (χ0) is 24.8. The van der Waals surface area contributed by atoms with E-state index in [1.165, 1.54) is 5.56 Å². The number of nitrogens with one attached hydrogen (secondary N) is 3. The first-order valence-electron chi connectivity index (χ1n) is 12.1. The number of morpholine rings is 1. The minimum Gasteiger partial charge on any atom is -0.484 e. The van der Waals surface area contributed by atoms with Crippen LogP contribution < -0.4 is 20.9 Å². The van der Waals surface area contributed by atoms with Crippen molar-refractivity contribution >= 4 is 23.2 Å². The van der Waals surface area contributed by atoms with Crippen LogP contribution in [0.4, 0.5) is 11.4 Å². The van der Waals surface area contributed by atoms with Gasteiger partial charge in [-0.1, -0.05) is 36.4 Å². The Morgan fingerprint density at radius 2 is 1.83 bits per heavy atom. The molecule has 2 heterocycles. The van der Waals surface area contributed by atoms with Gasteiger partial charge >= 0.3 is 0 Å². The highest BCUT2D eigenvalue weighted by Gasteiger charge is 2.44. The standard InChI is InChI=1S/C27H29N5O4/c33-25(32-13-15-35-16-14-32)19-36-22-8-4-7-21(17-22)30-31-26(34)23-18-28-12-9-24(23)29-27(10-11-27)20-5-2-1-3-6-20/h1-9,12,17-18,30H,10-11,13-16,19H2,(H,28,29)(H,31,34). The number of ether oxygens (including phenoxy) is 2. The van der Waals surface area contributed by atoms with E-state index in [1.807, 2.05) is 24.3 Å². The largest absolute Gasteiger partial charge is 0.484 e. The van der Waals surface area contributed by atoms with Gasteiger partial charge in [0.15, 0.2) is 6.61 Å².